The first-order chi connectivity index (χ1) is 11.4. The number of nitrogens with zero attached hydrogens (tertiary/aromatic N) is 1. The first-order valence-electron chi connectivity index (χ1n) is 8.58. The van der Waals surface area contributed by atoms with Crippen LogP contribution in [0, 0.1) is 23.2 Å². The monoisotopic (exact) mass is 321 g/mol. The van der Waals surface area contributed by atoms with Crippen LogP contribution in [-0.4, -0.2) is 0 Å². The molecular weight excluding hydrogens is 294 g/mol. The van der Waals surface area contributed by atoms with Gasteiger partial charge in [-0.1, -0.05) is 39.8 Å². The molecule has 0 aliphatic rings. The van der Waals surface area contributed by atoms with Gasteiger partial charge in [0.05, 0.1) is 23.0 Å². The molecule has 0 radical (unpaired) electrons. The van der Waals surface area contributed by atoms with E-state index in [1.807, 2.05) is 36.4 Å². The summed E-state index contributed by atoms with van der Waals surface area (Å²) in [6.07, 6.45) is 1.85. The van der Waals surface area contributed by atoms with E-state index in [1.54, 1.807) is 0 Å². The zero-order chi connectivity index (χ0) is 17.7. The summed E-state index contributed by atoms with van der Waals surface area (Å²) in [4.78, 5) is 0. The fraction of sp³-hybridized carbons (Fsp3) is 0.381. The summed E-state index contributed by atoms with van der Waals surface area (Å²) in [6, 6.07) is 14.1. The summed E-state index contributed by atoms with van der Waals surface area (Å²) >= 11 is 0. The molecule has 0 saturated heterocycles. The minimum atomic E-state index is 0.513. The van der Waals surface area contributed by atoms with Gasteiger partial charge in [0, 0.05) is 5.69 Å². The second-order valence-electron chi connectivity index (χ2n) is 7.19. The Bertz CT molecular complexity index is 708. The molecule has 3 heteroatoms. The van der Waals surface area contributed by atoms with Crippen molar-refractivity contribution in [2.45, 2.75) is 40.5 Å². The molecule has 0 saturated carbocycles. The molecule has 0 fully saturated rings. The number of rotatable bonds is 6. The van der Waals surface area contributed by atoms with Gasteiger partial charge in [-0.05, 0) is 60.1 Å². The van der Waals surface area contributed by atoms with Crippen molar-refractivity contribution in [2.24, 2.45) is 11.8 Å². The molecule has 0 atom stereocenters. The van der Waals surface area contributed by atoms with E-state index in [-0.39, 0.29) is 0 Å². The van der Waals surface area contributed by atoms with Crippen LogP contribution in [0.15, 0.2) is 36.4 Å². The Hall–Kier alpha value is -2.47. The molecule has 0 heterocycles. The second kappa shape index (κ2) is 7.88. The Balaban J connectivity index is 2.55. The summed E-state index contributed by atoms with van der Waals surface area (Å²) in [6.45, 7) is 8.79. The van der Waals surface area contributed by atoms with Gasteiger partial charge in [0.25, 0.3) is 0 Å². The van der Waals surface area contributed by atoms with Crippen molar-refractivity contribution < 1.29 is 0 Å². The number of para-hydroxylation sites is 2. The van der Waals surface area contributed by atoms with E-state index < -0.39 is 0 Å². The van der Waals surface area contributed by atoms with Crippen molar-refractivity contribution in [3.05, 3.63) is 53.1 Å². The van der Waals surface area contributed by atoms with Crippen LogP contribution < -0.4 is 11.1 Å². The van der Waals surface area contributed by atoms with Gasteiger partial charge < -0.3 is 11.1 Å². The van der Waals surface area contributed by atoms with Crippen molar-refractivity contribution in [3.8, 4) is 6.07 Å². The first kappa shape index (κ1) is 17.9. The quantitative estimate of drug-likeness (QED) is 0.711. The molecule has 2 aromatic carbocycles. The Morgan fingerprint density at radius 3 is 2.00 bits per heavy atom. The summed E-state index contributed by atoms with van der Waals surface area (Å²) in [5.41, 5.74) is 12.0. The maximum absolute atomic E-state index is 9.39. The molecular formula is C21H27N3. The summed E-state index contributed by atoms with van der Waals surface area (Å²) < 4.78 is 0. The van der Waals surface area contributed by atoms with Crippen molar-refractivity contribution in [1.82, 2.24) is 0 Å². The van der Waals surface area contributed by atoms with Crippen molar-refractivity contribution >= 4 is 17.1 Å². The van der Waals surface area contributed by atoms with Gasteiger partial charge in [-0.2, -0.15) is 5.26 Å². The molecule has 0 amide bonds. The minimum Gasteiger partial charge on any atom is -0.397 e. The molecule has 126 valence electrons. The molecule has 0 aliphatic heterocycles. The normalized spacial score (nSPS) is 10.9. The van der Waals surface area contributed by atoms with E-state index in [0.29, 0.717) is 11.8 Å². The Morgan fingerprint density at radius 2 is 1.54 bits per heavy atom. The Kier molecular flexibility index (Phi) is 5.87. The number of nitrogen functional groups attached to an aromatic ring is 1. The number of hydrogen-bond acceptors (Lipinski definition) is 3. The van der Waals surface area contributed by atoms with Crippen LogP contribution in [-0.2, 0) is 12.8 Å². The van der Waals surface area contributed by atoms with E-state index in [2.05, 4.69) is 39.1 Å². The zero-order valence-corrected chi connectivity index (χ0v) is 15.1. The van der Waals surface area contributed by atoms with E-state index in [0.717, 1.165) is 35.5 Å². The number of anilines is 3. The molecule has 0 spiro atoms. The average Bonchev–Trinajstić information content (AvgIpc) is 2.50. The number of benzene rings is 2. The SMILES string of the molecule is CC(C)Cc1cc(C#N)cc(CC(C)C)c1Nc1ccccc1N. The van der Waals surface area contributed by atoms with Gasteiger partial charge >= 0.3 is 0 Å². The van der Waals surface area contributed by atoms with Crippen LogP contribution in [0.5, 0.6) is 0 Å². The third-order valence-corrected chi connectivity index (χ3v) is 3.91. The second-order valence-corrected chi connectivity index (χ2v) is 7.19. The van der Waals surface area contributed by atoms with Gasteiger partial charge in [-0.15, -0.1) is 0 Å². The predicted molar refractivity (Wildman–Crippen MR) is 102 cm³/mol. The standard InChI is InChI=1S/C21H27N3/c1-14(2)9-17-11-16(13-22)12-18(10-15(3)4)21(17)24-20-8-6-5-7-19(20)23/h5-8,11-12,14-15,24H,9-10,23H2,1-4H3. The van der Waals surface area contributed by atoms with E-state index >= 15 is 0 Å². The average molecular weight is 321 g/mol. The maximum atomic E-state index is 9.39. The fourth-order valence-electron chi connectivity index (χ4n) is 2.94. The highest BCUT2D eigenvalue weighted by Gasteiger charge is 2.14. The predicted octanol–water partition coefficient (Wildman–Crippen LogP) is 5.28. The molecule has 0 bridgehead atoms. The molecule has 0 aromatic heterocycles. The Labute approximate surface area is 145 Å². The summed E-state index contributed by atoms with van der Waals surface area (Å²) in [7, 11) is 0. The highest BCUT2D eigenvalue weighted by Crippen LogP contribution is 2.32. The molecule has 0 unspecified atom stereocenters. The first-order valence-corrected chi connectivity index (χ1v) is 8.58. The van der Waals surface area contributed by atoms with Gasteiger partial charge in [-0.25, -0.2) is 0 Å². The van der Waals surface area contributed by atoms with Crippen LogP contribution in [0.4, 0.5) is 17.1 Å². The maximum Gasteiger partial charge on any atom is 0.0991 e. The lowest BCUT2D eigenvalue weighted by atomic mass is 9.92. The third-order valence-electron chi connectivity index (χ3n) is 3.91. The fourth-order valence-corrected chi connectivity index (χ4v) is 2.94. The van der Waals surface area contributed by atoms with Crippen molar-refractivity contribution in [1.29, 1.82) is 5.26 Å². The van der Waals surface area contributed by atoms with Crippen LogP contribution in [0.3, 0.4) is 0 Å². The van der Waals surface area contributed by atoms with Gasteiger partial charge in [0.2, 0.25) is 0 Å². The topological polar surface area (TPSA) is 61.8 Å². The number of nitrogens with one attached hydrogen (secondary N) is 1. The van der Waals surface area contributed by atoms with E-state index in [1.165, 1.54) is 11.1 Å². The minimum absolute atomic E-state index is 0.513. The zero-order valence-electron chi connectivity index (χ0n) is 15.1. The number of nitrogens with two attached hydrogens (primary N) is 1. The van der Waals surface area contributed by atoms with Crippen LogP contribution in [0.2, 0.25) is 0 Å². The molecule has 24 heavy (non-hydrogen) atoms. The highest BCUT2D eigenvalue weighted by molar-refractivity contribution is 5.76. The lowest BCUT2D eigenvalue weighted by Gasteiger charge is -2.20. The third kappa shape index (κ3) is 4.52. The number of nitriles is 1. The lowest BCUT2D eigenvalue weighted by molar-refractivity contribution is 0.638. The van der Waals surface area contributed by atoms with E-state index in [4.69, 9.17) is 5.73 Å². The molecule has 2 aromatic rings. The van der Waals surface area contributed by atoms with Crippen molar-refractivity contribution in [3.63, 3.8) is 0 Å². The molecule has 0 aliphatic carbocycles. The van der Waals surface area contributed by atoms with Crippen LogP contribution >= 0.6 is 0 Å². The molecule has 3 N–H and O–H groups in total. The molecule has 3 nitrogen and oxygen atoms in total. The summed E-state index contributed by atoms with van der Waals surface area (Å²) in [5, 5.41) is 12.9. The van der Waals surface area contributed by atoms with Crippen LogP contribution in [0.1, 0.15) is 44.4 Å². The Morgan fingerprint density at radius 1 is 1.00 bits per heavy atom. The van der Waals surface area contributed by atoms with E-state index in [9.17, 15) is 5.26 Å². The van der Waals surface area contributed by atoms with Gasteiger partial charge in [0.1, 0.15) is 0 Å². The summed E-state index contributed by atoms with van der Waals surface area (Å²) in [5.74, 6) is 1.03. The van der Waals surface area contributed by atoms with Crippen LogP contribution in [0.25, 0.3) is 0 Å². The van der Waals surface area contributed by atoms with Gasteiger partial charge in [0.15, 0.2) is 0 Å². The van der Waals surface area contributed by atoms with Crippen molar-refractivity contribution in [2.75, 3.05) is 11.1 Å². The van der Waals surface area contributed by atoms with Gasteiger partial charge in [-0.3, -0.25) is 0 Å². The lowest BCUT2D eigenvalue weighted by Crippen LogP contribution is -2.08. The largest absolute Gasteiger partial charge is 0.397 e. The highest BCUT2D eigenvalue weighted by atomic mass is 14.9. The molecule has 2 rings (SSSR count). The number of hydrogen-bond donors (Lipinski definition) is 2. The smallest absolute Gasteiger partial charge is 0.0991 e.